The van der Waals surface area contributed by atoms with Gasteiger partial charge in [-0.05, 0) is 53.4 Å². The van der Waals surface area contributed by atoms with Crippen LogP contribution in [0.15, 0.2) is 22.7 Å². The van der Waals surface area contributed by atoms with Gasteiger partial charge in [-0.25, -0.2) is 4.39 Å². The highest BCUT2D eigenvalue weighted by Gasteiger charge is 2.27. The van der Waals surface area contributed by atoms with Crippen LogP contribution >= 0.6 is 15.9 Å². The maximum Gasteiger partial charge on any atom is 0.257 e. The largest absolute Gasteiger partial charge is 0.338 e. The second-order valence-corrected chi connectivity index (χ2v) is 6.77. The molecule has 1 N–H and O–H groups in total. The van der Waals surface area contributed by atoms with Gasteiger partial charge >= 0.3 is 0 Å². The van der Waals surface area contributed by atoms with Crippen molar-refractivity contribution in [3.63, 3.8) is 0 Å². The van der Waals surface area contributed by atoms with Crippen molar-refractivity contribution in [2.75, 3.05) is 19.6 Å². The zero-order chi connectivity index (χ0) is 15.4. The zero-order valence-corrected chi connectivity index (χ0v) is 14.1. The molecule has 1 saturated heterocycles. The first kappa shape index (κ1) is 16.4. The molecule has 1 fully saturated rings. The Balaban J connectivity index is 2.05. The van der Waals surface area contributed by atoms with Crippen LogP contribution in [0.1, 0.15) is 37.0 Å². The minimum absolute atomic E-state index is 0.148. The van der Waals surface area contributed by atoms with Crippen LogP contribution in [0.5, 0.6) is 0 Å². The van der Waals surface area contributed by atoms with E-state index >= 15 is 0 Å². The van der Waals surface area contributed by atoms with Crippen molar-refractivity contribution in [2.24, 2.45) is 5.92 Å². The average Bonchev–Trinajstić information content (AvgIpc) is 2.45. The van der Waals surface area contributed by atoms with Gasteiger partial charge in [0, 0.05) is 23.6 Å². The van der Waals surface area contributed by atoms with Gasteiger partial charge in [0.1, 0.15) is 5.82 Å². The van der Waals surface area contributed by atoms with Crippen LogP contribution in [0.2, 0.25) is 0 Å². The maximum absolute atomic E-state index is 13.9. The van der Waals surface area contributed by atoms with Crippen molar-refractivity contribution < 1.29 is 9.18 Å². The van der Waals surface area contributed by atoms with Crippen LogP contribution in [-0.4, -0.2) is 36.5 Å². The normalized spacial score (nSPS) is 19.1. The number of hydrogen-bond donors (Lipinski definition) is 1. The van der Waals surface area contributed by atoms with E-state index in [0.717, 1.165) is 19.4 Å². The summed E-state index contributed by atoms with van der Waals surface area (Å²) >= 11 is 3.28. The van der Waals surface area contributed by atoms with E-state index < -0.39 is 5.82 Å². The summed E-state index contributed by atoms with van der Waals surface area (Å²) in [5, 5.41) is 3.42. The summed E-state index contributed by atoms with van der Waals surface area (Å²) in [6.07, 6.45) is 2.09. The van der Waals surface area contributed by atoms with Gasteiger partial charge in [0.15, 0.2) is 0 Å². The Morgan fingerprint density at radius 2 is 2.29 bits per heavy atom. The monoisotopic (exact) mass is 356 g/mol. The van der Waals surface area contributed by atoms with Gasteiger partial charge < -0.3 is 10.2 Å². The molecule has 21 heavy (non-hydrogen) atoms. The van der Waals surface area contributed by atoms with Crippen molar-refractivity contribution >= 4 is 21.8 Å². The molecule has 2 rings (SSSR count). The molecule has 0 saturated carbocycles. The summed E-state index contributed by atoms with van der Waals surface area (Å²) in [4.78, 5) is 14.3. The predicted molar refractivity (Wildman–Crippen MR) is 85.9 cm³/mol. The smallest absolute Gasteiger partial charge is 0.257 e. The predicted octanol–water partition coefficient (Wildman–Crippen LogP) is 3.44. The summed E-state index contributed by atoms with van der Waals surface area (Å²) in [7, 11) is 0. The first-order valence-corrected chi connectivity index (χ1v) is 8.25. The van der Waals surface area contributed by atoms with Crippen molar-refractivity contribution in [1.82, 2.24) is 10.2 Å². The lowest BCUT2D eigenvalue weighted by atomic mass is 9.97. The Kier molecular flexibility index (Phi) is 5.76. The van der Waals surface area contributed by atoms with Gasteiger partial charge in [-0.2, -0.15) is 0 Å². The molecule has 3 nitrogen and oxygen atoms in total. The molecule has 0 spiro atoms. The number of rotatable bonds is 4. The van der Waals surface area contributed by atoms with Crippen LogP contribution in [0.25, 0.3) is 0 Å². The highest BCUT2D eigenvalue weighted by atomic mass is 79.9. The van der Waals surface area contributed by atoms with Crippen molar-refractivity contribution in [3.8, 4) is 0 Å². The molecule has 1 heterocycles. The molecule has 1 aliphatic rings. The summed E-state index contributed by atoms with van der Waals surface area (Å²) < 4.78 is 14.4. The van der Waals surface area contributed by atoms with Gasteiger partial charge in [0.25, 0.3) is 5.91 Å². The molecule has 1 atom stereocenters. The fourth-order valence-electron chi connectivity index (χ4n) is 2.68. The SMILES string of the molecule is CC(C)NCC1CCCN(C(=O)c2c(F)cccc2Br)C1. The Morgan fingerprint density at radius 1 is 1.52 bits per heavy atom. The first-order chi connectivity index (χ1) is 9.99. The van der Waals surface area contributed by atoms with E-state index in [-0.39, 0.29) is 11.5 Å². The number of nitrogens with zero attached hydrogens (tertiary/aromatic N) is 1. The standard InChI is InChI=1S/C16H22BrFN2O/c1-11(2)19-9-12-5-4-8-20(10-12)16(21)15-13(17)6-3-7-14(15)18/h3,6-7,11-12,19H,4-5,8-10H2,1-2H3. The van der Waals surface area contributed by atoms with Crippen LogP contribution in [0.3, 0.4) is 0 Å². The molecule has 0 aliphatic carbocycles. The molecule has 1 unspecified atom stereocenters. The third kappa shape index (κ3) is 4.27. The summed E-state index contributed by atoms with van der Waals surface area (Å²) in [6.45, 7) is 6.53. The van der Waals surface area contributed by atoms with Crippen LogP contribution in [0, 0.1) is 11.7 Å². The molecular weight excluding hydrogens is 335 g/mol. The molecule has 1 aromatic rings. The van der Waals surface area contributed by atoms with Crippen molar-refractivity contribution in [3.05, 3.63) is 34.1 Å². The van der Waals surface area contributed by atoms with Crippen molar-refractivity contribution in [1.29, 1.82) is 0 Å². The summed E-state index contributed by atoms with van der Waals surface area (Å²) in [5.74, 6) is -0.235. The number of amides is 1. The van der Waals surface area contributed by atoms with Crippen LogP contribution in [0.4, 0.5) is 4.39 Å². The average molecular weight is 357 g/mol. The molecule has 116 valence electrons. The molecule has 1 aromatic carbocycles. The number of piperidine rings is 1. The van der Waals surface area contributed by atoms with E-state index in [1.807, 2.05) is 0 Å². The third-order valence-electron chi connectivity index (χ3n) is 3.80. The number of carbonyl (C=O) groups excluding carboxylic acids is 1. The lowest BCUT2D eigenvalue weighted by Crippen LogP contribution is -2.44. The highest BCUT2D eigenvalue weighted by molar-refractivity contribution is 9.10. The van der Waals surface area contributed by atoms with E-state index in [9.17, 15) is 9.18 Å². The zero-order valence-electron chi connectivity index (χ0n) is 12.5. The molecular formula is C16H22BrFN2O. The fourth-order valence-corrected chi connectivity index (χ4v) is 3.19. The Labute approximate surface area is 134 Å². The van der Waals surface area contributed by atoms with Gasteiger partial charge in [-0.15, -0.1) is 0 Å². The number of likely N-dealkylation sites (tertiary alicyclic amines) is 1. The lowest BCUT2D eigenvalue weighted by Gasteiger charge is -2.33. The van der Waals surface area contributed by atoms with Gasteiger partial charge in [0.2, 0.25) is 0 Å². The number of hydrogen-bond acceptors (Lipinski definition) is 2. The van der Waals surface area contributed by atoms with Crippen LogP contribution in [-0.2, 0) is 0 Å². The number of nitrogens with one attached hydrogen (secondary N) is 1. The van der Waals surface area contributed by atoms with Gasteiger partial charge in [-0.3, -0.25) is 4.79 Å². The van der Waals surface area contributed by atoms with E-state index in [1.165, 1.54) is 6.07 Å². The van der Waals surface area contributed by atoms with E-state index in [4.69, 9.17) is 0 Å². The van der Waals surface area contributed by atoms with Gasteiger partial charge in [0.05, 0.1) is 5.56 Å². The molecule has 5 heteroatoms. The number of benzene rings is 1. The Bertz CT molecular complexity index is 487. The van der Waals surface area contributed by atoms with E-state index in [0.29, 0.717) is 29.5 Å². The second kappa shape index (κ2) is 7.36. The number of carbonyl (C=O) groups is 1. The van der Waals surface area contributed by atoms with Gasteiger partial charge in [-0.1, -0.05) is 19.9 Å². The van der Waals surface area contributed by atoms with E-state index in [2.05, 4.69) is 35.1 Å². The molecule has 0 radical (unpaired) electrons. The van der Waals surface area contributed by atoms with E-state index in [1.54, 1.807) is 17.0 Å². The molecule has 0 bridgehead atoms. The maximum atomic E-state index is 13.9. The Hall–Kier alpha value is -0.940. The lowest BCUT2D eigenvalue weighted by molar-refractivity contribution is 0.0666. The van der Waals surface area contributed by atoms with Crippen molar-refractivity contribution in [2.45, 2.75) is 32.7 Å². The second-order valence-electron chi connectivity index (χ2n) is 5.92. The molecule has 1 aliphatic heterocycles. The number of halogens is 2. The molecule has 1 amide bonds. The minimum atomic E-state index is -0.461. The molecule has 0 aromatic heterocycles. The third-order valence-corrected chi connectivity index (χ3v) is 4.46. The Morgan fingerprint density at radius 3 is 2.95 bits per heavy atom. The topological polar surface area (TPSA) is 32.3 Å². The summed E-state index contributed by atoms with van der Waals surface area (Å²) in [5.41, 5.74) is 0.148. The highest BCUT2D eigenvalue weighted by Crippen LogP contribution is 2.24. The minimum Gasteiger partial charge on any atom is -0.338 e. The summed E-state index contributed by atoms with van der Waals surface area (Å²) in [6, 6.07) is 5.08. The first-order valence-electron chi connectivity index (χ1n) is 7.45. The van der Waals surface area contributed by atoms with Crippen LogP contribution < -0.4 is 5.32 Å². The quantitative estimate of drug-likeness (QED) is 0.895. The fraction of sp³-hybridized carbons (Fsp3) is 0.562.